The van der Waals surface area contributed by atoms with Crippen LogP contribution in [0.4, 0.5) is 4.39 Å². The molecule has 7 heteroatoms. The molecule has 0 aliphatic carbocycles. The second-order valence-electron chi connectivity index (χ2n) is 4.70. The smallest absolute Gasteiger partial charge is 0.277 e. The molecule has 1 rings (SSSR count). The van der Waals surface area contributed by atoms with Gasteiger partial charge in [-0.25, -0.2) is 9.11 Å². The summed E-state index contributed by atoms with van der Waals surface area (Å²) < 4.78 is 41.5. The first kappa shape index (κ1) is 16.0. The Morgan fingerprint density at radius 2 is 2.00 bits per heavy atom. The topological polar surface area (TPSA) is 84.2 Å². The minimum absolute atomic E-state index is 0.0931. The maximum absolute atomic E-state index is 13.6. The monoisotopic (exact) mass is 289 g/mol. The van der Waals surface area contributed by atoms with Gasteiger partial charge in [0.2, 0.25) is 0 Å². The van der Waals surface area contributed by atoms with Crippen molar-refractivity contribution in [2.45, 2.75) is 26.9 Å². The number of nitrogens with one attached hydrogen (secondary N) is 2. The van der Waals surface area contributed by atoms with Crippen molar-refractivity contribution in [3.63, 3.8) is 0 Å². The molecule has 0 aromatic heterocycles. The van der Waals surface area contributed by atoms with E-state index >= 15 is 0 Å². The molecule has 0 fully saturated rings. The van der Waals surface area contributed by atoms with Crippen molar-refractivity contribution in [1.82, 2.24) is 9.44 Å². The highest BCUT2D eigenvalue weighted by Gasteiger charge is 2.11. The number of hydrogen-bond donors (Lipinski definition) is 3. The molecule has 4 N–H and O–H groups in total. The van der Waals surface area contributed by atoms with Gasteiger partial charge in [0, 0.05) is 25.2 Å². The Bertz CT molecular complexity index is 518. The van der Waals surface area contributed by atoms with E-state index in [1.54, 1.807) is 6.07 Å². The maximum atomic E-state index is 13.6. The molecule has 0 aliphatic rings. The summed E-state index contributed by atoms with van der Waals surface area (Å²) in [6.45, 7) is 4.29. The van der Waals surface area contributed by atoms with Crippen molar-refractivity contribution < 1.29 is 12.8 Å². The third kappa shape index (κ3) is 5.65. The van der Waals surface area contributed by atoms with Gasteiger partial charge in [-0.1, -0.05) is 26.0 Å². The third-order valence-electron chi connectivity index (χ3n) is 2.49. The summed E-state index contributed by atoms with van der Waals surface area (Å²) >= 11 is 0. The van der Waals surface area contributed by atoms with E-state index in [1.165, 1.54) is 12.1 Å². The lowest BCUT2D eigenvalue weighted by atomic mass is 10.1. The van der Waals surface area contributed by atoms with Crippen LogP contribution in [-0.4, -0.2) is 15.0 Å². The first-order valence-electron chi connectivity index (χ1n) is 6.05. The summed E-state index contributed by atoms with van der Waals surface area (Å²) in [6.07, 6.45) is 0. The molecule has 19 heavy (non-hydrogen) atoms. The van der Waals surface area contributed by atoms with Gasteiger partial charge >= 0.3 is 0 Å². The summed E-state index contributed by atoms with van der Waals surface area (Å²) in [5, 5.41) is 0. The predicted molar refractivity (Wildman–Crippen MR) is 72.9 cm³/mol. The molecule has 0 radical (unpaired) electrons. The molecule has 0 unspecified atom stereocenters. The number of nitrogens with two attached hydrogens (primary N) is 1. The Morgan fingerprint density at radius 1 is 1.32 bits per heavy atom. The first-order chi connectivity index (χ1) is 8.84. The van der Waals surface area contributed by atoms with Crippen LogP contribution < -0.4 is 15.2 Å². The molecular weight excluding hydrogens is 269 g/mol. The molecule has 0 saturated carbocycles. The highest BCUT2D eigenvalue weighted by molar-refractivity contribution is 7.87. The van der Waals surface area contributed by atoms with E-state index in [0.717, 1.165) is 0 Å². The van der Waals surface area contributed by atoms with Crippen LogP contribution in [0, 0.1) is 11.7 Å². The van der Waals surface area contributed by atoms with Crippen molar-refractivity contribution in [1.29, 1.82) is 0 Å². The van der Waals surface area contributed by atoms with Crippen LogP contribution in [0.15, 0.2) is 18.2 Å². The van der Waals surface area contributed by atoms with E-state index in [4.69, 9.17) is 5.73 Å². The molecule has 0 atom stereocenters. The zero-order valence-electron chi connectivity index (χ0n) is 11.1. The zero-order valence-corrected chi connectivity index (χ0v) is 11.9. The largest absolute Gasteiger partial charge is 0.326 e. The zero-order chi connectivity index (χ0) is 14.5. The van der Waals surface area contributed by atoms with Gasteiger partial charge in [-0.05, 0) is 17.5 Å². The quantitative estimate of drug-likeness (QED) is 0.696. The molecule has 1 aromatic rings. The molecule has 0 heterocycles. The molecule has 1 aromatic carbocycles. The van der Waals surface area contributed by atoms with E-state index in [1.807, 2.05) is 13.8 Å². The number of benzene rings is 1. The van der Waals surface area contributed by atoms with E-state index in [9.17, 15) is 12.8 Å². The fraction of sp³-hybridized carbons (Fsp3) is 0.500. The highest BCUT2D eigenvalue weighted by atomic mass is 32.2. The molecule has 0 amide bonds. The summed E-state index contributed by atoms with van der Waals surface area (Å²) in [5.41, 5.74) is 6.34. The average Bonchev–Trinajstić information content (AvgIpc) is 2.35. The third-order valence-corrected chi connectivity index (χ3v) is 3.56. The Kier molecular flexibility index (Phi) is 5.86. The van der Waals surface area contributed by atoms with Crippen LogP contribution in [-0.2, 0) is 23.3 Å². The summed E-state index contributed by atoms with van der Waals surface area (Å²) in [6, 6.07) is 4.52. The van der Waals surface area contributed by atoms with E-state index in [-0.39, 0.29) is 24.6 Å². The van der Waals surface area contributed by atoms with Crippen molar-refractivity contribution in [2.75, 3.05) is 6.54 Å². The lowest BCUT2D eigenvalue weighted by Gasteiger charge is -2.10. The Morgan fingerprint density at radius 3 is 2.53 bits per heavy atom. The molecule has 108 valence electrons. The lowest BCUT2D eigenvalue weighted by molar-refractivity contribution is 0.544. The highest BCUT2D eigenvalue weighted by Crippen LogP contribution is 2.10. The summed E-state index contributed by atoms with van der Waals surface area (Å²) in [5.74, 6) is -0.258. The van der Waals surface area contributed by atoms with Crippen LogP contribution in [0.25, 0.3) is 0 Å². The van der Waals surface area contributed by atoms with Gasteiger partial charge in [0.25, 0.3) is 10.2 Å². The molecule has 0 spiro atoms. The van der Waals surface area contributed by atoms with Crippen molar-refractivity contribution in [2.24, 2.45) is 11.7 Å². The molecule has 5 nitrogen and oxygen atoms in total. The van der Waals surface area contributed by atoms with Crippen LogP contribution in [0.3, 0.4) is 0 Å². The number of halogens is 1. The summed E-state index contributed by atoms with van der Waals surface area (Å²) in [4.78, 5) is 0. The predicted octanol–water partition coefficient (Wildman–Crippen LogP) is 0.864. The normalized spacial score (nSPS) is 12.1. The number of hydrogen-bond acceptors (Lipinski definition) is 3. The minimum atomic E-state index is -3.60. The Hall–Kier alpha value is -1.02. The summed E-state index contributed by atoms with van der Waals surface area (Å²) in [7, 11) is -3.60. The van der Waals surface area contributed by atoms with Crippen molar-refractivity contribution in [3.05, 3.63) is 35.1 Å². The maximum Gasteiger partial charge on any atom is 0.277 e. The van der Waals surface area contributed by atoms with Gasteiger partial charge < -0.3 is 5.73 Å². The van der Waals surface area contributed by atoms with E-state index in [0.29, 0.717) is 12.1 Å². The van der Waals surface area contributed by atoms with E-state index in [2.05, 4.69) is 9.44 Å². The van der Waals surface area contributed by atoms with Gasteiger partial charge in [-0.2, -0.15) is 13.1 Å². The van der Waals surface area contributed by atoms with Gasteiger partial charge in [0.15, 0.2) is 0 Å². The standard InChI is InChI=1S/C12H20FN3O2S/c1-9(2)7-15-19(17,18)16-8-11-4-3-10(6-14)5-12(11)13/h3-5,9,15-16H,6-8,14H2,1-2H3. The fourth-order valence-electron chi connectivity index (χ4n) is 1.36. The van der Waals surface area contributed by atoms with Crippen molar-refractivity contribution >= 4 is 10.2 Å². The van der Waals surface area contributed by atoms with Gasteiger partial charge in [-0.15, -0.1) is 0 Å². The molecular formula is C12H20FN3O2S. The molecule has 0 aliphatic heterocycles. The molecule has 0 bridgehead atoms. The van der Waals surface area contributed by atoms with Crippen LogP contribution in [0.1, 0.15) is 25.0 Å². The van der Waals surface area contributed by atoms with Crippen LogP contribution in [0.5, 0.6) is 0 Å². The van der Waals surface area contributed by atoms with E-state index < -0.39 is 16.0 Å². The number of rotatable bonds is 7. The minimum Gasteiger partial charge on any atom is -0.326 e. The van der Waals surface area contributed by atoms with Crippen molar-refractivity contribution in [3.8, 4) is 0 Å². The van der Waals surface area contributed by atoms with Crippen LogP contribution >= 0.6 is 0 Å². The second-order valence-corrected chi connectivity index (χ2v) is 6.28. The van der Waals surface area contributed by atoms with Gasteiger partial charge in [0.1, 0.15) is 5.82 Å². The Labute approximate surface area is 113 Å². The fourth-order valence-corrected chi connectivity index (χ4v) is 2.36. The van der Waals surface area contributed by atoms with Crippen LogP contribution in [0.2, 0.25) is 0 Å². The first-order valence-corrected chi connectivity index (χ1v) is 7.54. The lowest BCUT2D eigenvalue weighted by Crippen LogP contribution is -2.38. The molecule has 0 saturated heterocycles. The Balaban J connectivity index is 2.61. The van der Waals surface area contributed by atoms with Gasteiger partial charge in [0.05, 0.1) is 0 Å². The second kappa shape index (κ2) is 6.95. The average molecular weight is 289 g/mol. The SMILES string of the molecule is CC(C)CNS(=O)(=O)NCc1ccc(CN)cc1F. The van der Waals surface area contributed by atoms with Gasteiger partial charge in [-0.3, -0.25) is 0 Å².